The maximum absolute atomic E-state index is 6.13. The van der Waals surface area contributed by atoms with Gasteiger partial charge in [-0.1, -0.05) is 66.0 Å². The summed E-state index contributed by atoms with van der Waals surface area (Å²) < 4.78 is 0. The van der Waals surface area contributed by atoms with Gasteiger partial charge in [0.1, 0.15) is 0 Å². The lowest BCUT2D eigenvalue weighted by Gasteiger charge is -2.23. The molecule has 1 unspecified atom stereocenters. The van der Waals surface area contributed by atoms with E-state index in [-0.39, 0.29) is 12.1 Å². The molecular weight excluding hydrogens is 301 g/mol. The Morgan fingerprint density at radius 2 is 1.57 bits per heavy atom. The zero-order valence-corrected chi connectivity index (χ0v) is 14.2. The Balaban J connectivity index is 2.14. The Morgan fingerprint density at radius 1 is 0.952 bits per heavy atom. The Bertz CT molecular complexity index is 593. The van der Waals surface area contributed by atoms with Gasteiger partial charge >= 0.3 is 0 Å². The fourth-order valence-corrected chi connectivity index (χ4v) is 2.74. The molecule has 0 radical (unpaired) electrons. The first kappa shape index (κ1) is 16.4. The Morgan fingerprint density at radius 3 is 2.14 bits per heavy atom. The van der Waals surface area contributed by atoms with Gasteiger partial charge in [-0.15, -0.1) is 0 Å². The molecule has 2 aromatic carbocycles. The van der Waals surface area contributed by atoms with E-state index in [9.17, 15) is 0 Å². The van der Waals surface area contributed by atoms with Crippen molar-refractivity contribution in [2.45, 2.75) is 39.3 Å². The van der Waals surface area contributed by atoms with Crippen LogP contribution in [0.1, 0.15) is 49.0 Å². The Hall–Kier alpha value is -1.02. The topological polar surface area (TPSA) is 12.0 Å². The summed E-state index contributed by atoms with van der Waals surface area (Å²) in [5, 5.41) is 4.87. The predicted molar refractivity (Wildman–Crippen MR) is 92.2 cm³/mol. The Kier molecular flexibility index (Phi) is 5.69. The maximum atomic E-state index is 6.13. The van der Waals surface area contributed by atoms with Crippen molar-refractivity contribution in [1.29, 1.82) is 0 Å². The van der Waals surface area contributed by atoms with Gasteiger partial charge in [0.05, 0.1) is 10.0 Å². The molecule has 1 nitrogen and oxygen atoms in total. The molecule has 3 heteroatoms. The van der Waals surface area contributed by atoms with Gasteiger partial charge in [-0.05, 0) is 43.5 Å². The van der Waals surface area contributed by atoms with Gasteiger partial charge in [-0.25, -0.2) is 0 Å². The second kappa shape index (κ2) is 7.31. The van der Waals surface area contributed by atoms with Crippen LogP contribution < -0.4 is 5.32 Å². The number of aryl methyl sites for hydroxylation is 1. The highest BCUT2D eigenvalue weighted by atomic mass is 35.5. The van der Waals surface area contributed by atoms with Gasteiger partial charge in [0.15, 0.2) is 0 Å². The van der Waals surface area contributed by atoms with E-state index < -0.39 is 0 Å². The first-order chi connectivity index (χ1) is 10.0. The number of rotatable bonds is 5. The second-order valence-electron chi connectivity index (χ2n) is 5.43. The van der Waals surface area contributed by atoms with E-state index in [1.807, 2.05) is 18.2 Å². The molecule has 0 spiro atoms. The van der Waals surface area contributed by atoms with Crippen LogP contribution in [0.15, 0.2) is 42.5 Å². The molecule has 0 aliphatic carbocycles. The number of nitrogens with one attached hydrogen (secondary N) is 1. The second-order valence-corrected chi connectivity index (χ2v) is 6.25. The minimum Gasteiger partial charge on any atom is -0.303 e. The summed E-state index contributed by atoms with van der Waals surface area (Å²) in [6, 6.07) is 15.0. The standard InChI is InChI=1S/C18H21Cl2N/c1-4-18(15-9-10-16(19)17(20)11-15)21-13(3)14-7-5-12(2)6-8-14/h5-11,13,18,21H,4H2,1-3H3/t13-,18?/m1/s1. The average Bonchev–Trinajstić information content (AvgIpc) is 2.48. The molecule has 0 bridgehead atoms. The van der Waals surface area contributed by atoms with Crippen molar-refractivity contribution in [3.8, 4) is 0 Å². The molecule has 21 heavy (non-hydrogen) atoms. The Labute approximate surface area is 137 Å². The normalized spacial score (nSPS) is 14.0. The molecule has 0 saturated carbocycles. The molecule has 0 fully saturated rings. The summed E-state index contributed by atoms with van der Waals surface area (Å²) in [6.45, 7) is 6.46. The van der Waals surface area contributed by atoms with Gasteiger partial charge < -0.3 is 5.32 Å². The third-order valence-electron chi connectivity index (χ3n) is 3.78. The molecule has 0 aliphatic rings. The first-order valence-corrected chi connectivity index (χ1v) is 8.04. The van der Waals surface area contributed by atoms with Gasteiger partial charge in [-0.2, -0.15) is 0 Å². The van der Waals surface area contributed by atoms with Crippen LogP contribution in [0.25, 0.3) is 0 Å². The van der Waals surface area contributed by atoms with E-state index in [1.165, 1.54) is 16.7 Å². The summed E-state index contributed by atoms with van der Waals surface area (Å²) in [6.07, 6.45) is 0.994. The zero-order valence-electron chi connectivity index (χ0n) is 12.7. The van der Waals surface area contributed by atoms with E-state index in [0.29, 0.717) is 10.0 Å². The largest absolute Gasteiger partial charge is 0.303 e. The summed E-state index contributed by atoms with van der Waals surface area (Å²) in [5.74, 6) is 0. The summed E-state index contributed by atoms with van der Waals surface area (Å²) in [7, 11) is 0. The van der Waals surface area contributed by atoms with Gasteiger partial charge in [0.2, 0.25) is 0 Å². The molecule has 0 aromatic heterocycles. The van der Waals surface area contributed by atoms with Crippen molar-refractivity contribution in [2.75, 3.05) is 0 Å². The average molecular weight is 322 g/mol. The third kappa shape index (κ3) is 4.23. The van der Waals surface area contributed by atoms with Crippen LogP contribution in [-0.2, 0) is 0 Å². The van der Waals surface area contributed by atoms with Crippen molar-refractivity contribution < 1.29 is 0 Å². The smallest absolute Gasteiger partial charge is 0.0595 e. The molecule has 2 atom stereocenters. The van der Waals surface area contributed by atoms with E-state index in [2.05, 4.69) is 50.4 Å². The van der Waals surface area contributed by atoms with Crippen molar-refractivity contribution in [2.24, 2.45) is 0 Å². The fraction of sp³-hybridized carbons (Fsp3) is 0.333. The molecule has 0 heterocycles. The van der Waals surface area contributed by atoms with Crippen LogP contribution in [0.4, 0.5) is 0 Å². The van der Waals surface area contributed by atoms with Crippen molar-refractivity contribution >= 4 is 23.2 Å². The number of benzene rings is 2. The summed E-state index contributed by atoms with van der Waals surface area (Å²) in [4.78, 5) is 0. The minimum atomic E-state index is 0.260. The van der Waals surface area contributed by atoms with E-state index in [1.54, 1.807) is 0 Å². The van der Waals surface area contributed by atoms with E-state index in [4.69, 9.17) is 23.2 Å². The number of hydrogen-bond donors (Lipinski definition) is 1. The summed E-state index contributed by atoms with van der Waals surface area (Å²) >= 11 is 12.1. The van der Waals surface area contributed by atoms with Crippen LogP contribution in [0.3, 0.4) is 0 Å². The molecule has 2 rings (SSSR count). The molecule has 112 valence electrons. The highest BCUT2D eigenvalue weighted by molar-refractivity contribution is 6.42. The molecule has 0 amide bonds. The van der Waals surface area contributed by atoms with Crippen LogP contribution >= 0.6 is 23.2 Å². The van der Waals surface area contributed by atoms with Crippen molar-refractivity contribution in [3.05, 3.63) is 69.2 Å². The minimum absolute atomic E-state index is 0.260. The lowest BCUT2D eigenvalue weighted by molar-refractivity contribution is 0.456. The predicted octanol–water partition coefficient (Wildman–Crippen LogP) is 6.10. The highest BCUT2D eigenvalue weighted by Gasteiger charge is 2.14. The molecule has 2 aromatic rings. The molecular formula is C18H21Cl2N. The molecule has 0 aliphatic heterocycles. The van der Waals surface area contributed by atoms with Crippen LogP contribution in [0, 0.1) is 6.92 Å². The maximum Gasteiger partial charge on any atom is 0.0595 e. The van der Waals surface area contributed by atoms with E-state index in [0.717, 1.165) is 6.42 Å². The lowest BCUT2D eigenvalue weighted by Crippen LogP contribution is -2.24. The lowest BCUT2D eigenvalue weighted by atomic mass is 10.0. The van der Waals surface area contributed by atoms with Crippen LogP contribution in [0.2, 0.25) is 10.0 Å². The highest BCUT2D eigenvalue weighted by Crippen LogP contribution is 2.28. The number of hydrogen-bond acceptors (Lipinski definition) is 1. The van der Waals surface area contributed by atoms with Gasteiger partial charge in [-0.3, -0.25) is 0 Å². The van der Waals surface area contributed by atoms with E-state index >= 15 is 0 Å². The van der Waals surface area contributed by atoms with Crippen molar-refractivity contribution in [3.63, 3.8) is 0 Å². The quantitative estimate of drug-likeness (QED) is 0.701. The monoisotopic (exact) mass is 321 g/mol. The van der Waals surface area contributed by atoms with Crippen LogP contribution in [-0.4, -0.2) is 0 Å². The van der Waals surface area contributed by atoms with Crippen LogP contribution in [0.5, 0.6) is 0 Å². The van der Waals surface area contributed by atoms with Crippen molar-refractivity contribution in [1.82, 2.24) is 5.32 Å². The summed E-state index contributed by atoms with van der Waals surface area (Å²) in [5.41, 5.74) is 3.74. The SMILES string of the molecule is CCC(N[C@H](C)c1ccc(C)cc1)c1ccc(Cl)c(Cl)c1. The third-order valence-corrected chi connectivity index (χ3v) is 4.52. The van der Waals surface area contributed by atoms with Gasteiger partial charge in [0.25, 0.3) is 0 Å². The zero-order chi connectivity index (χ0) is 15.4. The molecule has 0 saturated heterocycles. The van der Waals surface area contributed by atoms with Gasteiger partial charge in [0, 0.05) is 12.1 Å². The number of halogens is 2. The fourth-order valence-electron chi connectivity index (χ4n) is 2.43. The first-order valence-electron chi connectivity index (χ1n) is 7.28. The molecule has 1 N–H and O–H groups in total.